The fourth-order valence-electron chi connectivity index (χ4n) is 2.89. The number of nitro groups is 1. The molecule has 0 atom stereocenters. The molecule has 2 aromatic rings. The van der Waals surface area contributed by atoms with Crippen LogP contribution in [0, 0.1) is 16.0 Å². The highest BCUT2D eigenvalue weighted by Gasteiger charge is 2.29. The van der Waals surface area contributed by atoms with Crippen LogP contribution >= 0.6 is 0 Å². The van der Waals surface area contributed by atoms with Crippen molar-refractivity contribution in [2.75, 3.05) is 13.1 Å². The van der Waals surface area contributed by atoms with Crippen molar-refractivity contribution in [3.63, 3.8) is 0 Å². The van der Waals surface area contributed by atoms with Gasteiger partial charge in [0.25, 0.3) is 5.69 Å². The summed E-state index contributed by atoms with van der Waals surface area (Å²) in [5.41, 5.74) is -0.119. The highest BCUT2D eigenvalue weighted by molar-refractivity contribution is 7.89. The number of nitrogens with zero attached hydrogens (tertiary/aromatic N) is 4. The van der Waals surface area contributed by atoms with Gasteiger partial charge >= 0.3 is 0 Å². The van der Waals surface area contributed by atoms with Gasteiger partial charge in [-0.05, 0) is 37.0 Å². The van der Waals surface area contributed by atoms with E-state index in [-0.39, 0.29) is 10.6 Å². The molecular formula is C15H18N4O4S. The van der Waals surface area contributed by atoms with E-state index in [1.54, 1.807) is 6.20 Å². The summed E-state index contributed by atoms with van der Waals surface area (Å²) >= 11 is 0. The Morgan fingerprint density at radius 1 is 1.21 bits per heavy atom. The Hall–Kier alpha value is -2.26. The van der Waals surface area contributed by atoms with Gasteiger partial charge in [-0.2, -0.15) is 9.40 Å². The molecule has 0 radical (unpaired) electrons. The third-order valence-electron chi connectivity index (χ3n) is 4.26. The van der Waals surface area contributed by atoms with Crippen molar-refractivity contribution in [1.29, 1.82) is 0 Å². The van der Waals surface area contributed by atoms with Gasteiger partial charge < -0.3 is 0 Å². The minimum absolute atomic E-state index is 0.0960. The molecule has 24 heavy (non-hydrogen) atoms. The molecule has 1 aromatic heterocycles. The molecule has 9 heteroatoms. The van der Waals surface area contributed by atoms with Crippen molar-refractivity contribution < 1.29 is 13.3 Å². The van der Waals surface area contributed by atoms with Gasteiger partial charge in [-0.15, -0.1) is 0 Å². The Kier molecular flexibility index (Phi) is 4.63. The van der Waals surface area contributed by atoms with Gasteiger partial charge in [0.2, 0.25) is 10.0 Å². The van der Waals surface area contributed by atoms with Gasteiger partial charge in [-0.25, -0.2) is 8.42 Å². The molecule has 3 rings (SSSR count). The van der Waals surface area contributed by atoms with E-state index in [0.29, 0.717) is 19.0 Å². The Bertz CT molecular complexity index is 795. The van der Waals surface area contributed by atoms with Crippen molar-refractivity contribution in [3.8, 4) is 0 Å². The minimum atomic E-state index is -3.60. The maximum atomic E-state index is 12.6. The lowest BCUT2D eigenvalue weighted by molar-refractivity contribution is -0.384. The molecule has 128 valence electrons. The van der Waals surface area contributed by atoms with Crippen LogP contribution in [-0.2, 0) is 16.6 Å². The molecule has 1 saturated heterocycles. The summed E-state index contributed by atoms with van der Waals surface area (Å²) < 4.78 is 28.6. The first-order chi connectivity index (χ1) is 11.5. The van der Waals surface area contributed by atoms with Crippen molar-refractivity contribution >= 4 is 15.7 Å². The van der Waals surface area contributed by atoms with Crippen molar-refractivity contribution in [3.05, 3.63) is 52.8 Å². The smallest absolute Gasteiger partial charge is 0.269 e. The average Bonchev–Trinajstić information content (AvgIpc) is 3.08. The molecule has 1 aliphatic rings. The van der Waals surface area contributed by atoms with Gasteiger partial charge in [0.1, 0.15) is 0 Å². The molecule has 1 fully saturated rings. The summed E-state index contributed by atoms with van der Waals surface area (Å²) in [7, 11) is -3.60. The van der Waals surface area contributed by atoms with Crippen LogP contribution in [0.5, 0.6) is 0 Å². The lowest BCUT2D eigenvalue weighted by atomic mass is 9.98. The van der Waals surface area contributed by atoms with E-state index in [1.807, 2.05) is 16.9 Å². The van der Waals surface area contributed by atoms with E-state index in [1.165, 1.54) is 28.6 Å². The number of non-ortho nitro benzene ring substituents is 1. The Morgan fingerprint density at radius 3 is 2.42 bits per heavy atom. The number of aromatic nitrogens is 2. The Balaban J connectivity index is 1.65. The summed E-state index contributed by atoms with van der Waals surface area (Å²) in [5.74, 6) is 0.396. The summed E-state index contributed by atoms with van der Waals surface area (Å²) in [6, 6.07) is 6.90. The van der Waals surface area contributed by atoms with Crippen molar-refractivity contribution in [2.24, 2.45) is 5.92 Å². The van der Waals surface area contributed by atoms with Gasteiger partial charge in [-0.1, -0.05) is 0 Å². The number of benzene rings is 1. The van der Waals surface area contributed by atoms with Crippen LogP contribution in [0.2, 0.25) is 0 Å². The van der Waals surface area contributed by atoms with Gasteiger partial charge in [0.05, 0.1) is 9.82 Å². The molecule has 0 bridgehead atoms. The lowest BCUT2D eigenvalue weighted by Crippen LogP contribution is -2.39. The molecule has 1 aliphatic heterocycles. The second kappa shape index (κ2) is 6.70. The number of piperidine rings is 1. The van der Waals surface area contributed by atoms with E-state index in [4.69, 9.17) is 0 Å². The lowest BCUT2D eigenvalue weighted by Gasteiger charge is -2.31. The first-order valence-electron chi connectivity index (χ1n) is 7.69. The van der Waals surface area contributed by atoms with E-state index in [0.717, 1.165) is 19.4 Å². The Labute approximate surface area is 139 Å². The zero-order valence-corrected chi connectivity index (χ0v) is 13.8. The van der Waals surface area contributed by atoms with Gasteiger partial charge in [-0.3, -0.25) is 14.8 Å². The van der Waals surface area contributed by atoms with Crippen LogP contribution in [0.25, 0.3) is 0 Å². The van der Waals surface area contributed by atoms with Crippen LogP contribution in [-0.4, -0.2) is 40.5 Å². The predicted molar refractivity (Wildman–Crippen MR) is 86.8 cm³/mol. The molecule has 8 nitrogen and oxygen atoms in total. The normalized spacial score (nSPS) is 17.0. The van der Waals surface area contributed by atoms with Crippen LogP contribution in [0.15, 0.2) is 47.6 Å². The minimum Gasteiger partial charge on any atom is -0.272 e. The van der Waals surface area contributed by atoms with Crippen molar-refractivity contribution in [2.45, 2.75) is 24.3 Å². The molecule has 0 amide bonds. The second-order valence-electron chi connectivity index (χ2n) is 5.83. The van der Waals surface area contributed by atoms with Gasteiger partial charge in [0.15, 0.2) is 0 Å². The van der Waals surface area contributed by atoms with Crippen LogP contribution in [0.3, 0.4) is 0 Å². The zero-order chi connectivity index (χ0) is 17.2. The third kappa shape index (κ3) is 3.46. The molecular weight excluding hydrogens is 332 g/mol. The zero-order valence-electron chi connectivity index (χ0n) is 13.0. The number of nitro benzene ring substituents is 1. The fourth-order valence-corrected chi connectivity index (χ4v) is 4.36. The van der Waals surface area contributed by atoms with Crippen LogP contribution in [0.4, 0.5) is 5.69 Å². The summed E-state index contributed by atoms with van der Waals surface area (Å²) in [4.78, 5) is 10.2. The number of sulfonamides is 1. The number of hydrogen-bond acceptors (Lipinski definition) is 5. The molecule has 2 heterocycles. The highest BCUT2D eigenvalue weighted by Crippen LogP contribution is 2.25. The van der Waals surface area contributed by atoms with E-state index < -0.39 is 14.9 Å². The first-order valence-corrected chi connectivity index (χ1v) is 9.13. The second-order valence-corrected chi connectivity index (χ2v) is 7.76. The molecule has 1 aromatic carbocycles. The maximum absolute atomic E-state index is 12.6. The molecule has 0 saturated carbocycles. The molecule has 0 N–H and O–H groups in total. The third-order valence-corrected chi connectivity index (χ3v) is 6.18. The predicted octanol–water partition coefficient (Wildman–Crippen LogP) is 1.89. The number of hydrogen-bond donors (Lipinski definition) is 0. The van der Waals surface area contributed by atoms with E-state index in [2.05, 4.69) is 5.10 Å². The molecule has 0 unspecified atom stereocenters. The number of rotatable bonds is 5. The summed E-state index contributed by atoms with van der Waals surface area (Å²) in [6.45, 7) is 1.69. The van der Waals surface area contributed by atoms with E-state index in [9.17, 15) is 18.5 Å². The first kappa shape index (κ1) is 16.6. The monoisotopic (exact) mass is 350 g/mol. The van der Waals surface area contributed by atoms with Crippen LogP contribution in [0.1, 0.15) is 12.8 Å². The topological polar surface area (TPSA) is 98.3 Å². The highest BCUT2D eigenvalue weighted by atomic mass is 32.2. The molecule has 0 aliphatic carbocycles. The van der Waals surface area contributed by atoms with Crippen LogP contribution < -0.4 is 0 Å². The van der Waals surface area contributed by atoms with Gasteiger partial charge in [0, 0.05) is 44.2 Å². The molecule has 0 spiro atoms. The Morgan fingerprint density at radius 2 is 1.88 bits per heavy atom. The largest absolute Gasteiger partial charge is 0.272 e. The summed E-state index contributed by atoms with van der Waals surface area (Å²) in [5, 5.41) is 14.8. The van der Waals surface area contributed by atoms with E-state index >= 15 is 0 Å². The SMILES string of the molecule is O=[N+]([O-])c1ccc(S(=O)(=O)N2CCC(Cn3cccn3)CC2)cc1. The standard InChI is InChI=1S/C15H18N4O4S/c20-19(21)14-2-4-15(5-3-14)24(22,23)18-10-6-13(7-11-18)12-17-9-1-8-16-17/h1-5,8-9,13H,6-7,10-12H2. The quantitative estimate of drug-likeness (QED) is 0.606. The van der Waals surface area contributed by atoms with Crippen molar-refractivity contribution in [1.82, 2.24) is 14.1 Å². The maximum Gasteiger partial charge on any atom is 0.269 e. The summed E-state index contributed by atoms with van der Waals surface area (Å²) in [6.07, 6.45) is 5.17. The fraction of sp³-hybridized carbons (Fsp3) is 0.400. The average molecular weight is 350 g/mol.